The van der Waals surface area contributed by atoms with Crippen LogP contribution in [0.3, 0.4) is 0 Å². The van der Waals surface area contributed by atoms with Crippen LogP contribution in [0.15, 0.2) is 0 Å². The third kappa shape index (κ3) is 6.54. The summed E-state index contributed by atoms with van der Waals surface area (Å²) in [6.45, 7) is 2.98. The third-order valence-electron chi connectivity index (χ3n) is 1.35. The van der Waals surface area contributed by atoms with Gasteiger partial charge in [0.2, 0.25) is 0 Å². The summed E-state index contributed by atoms with van der Waals surface area (Å²) in [5.74, 6) is 0. The summed E-state index contributed by atoms with van der Waals surface area (Å²) >= 11 is 0. The number of hydrogen-bond acceptors (Lipinski definition) is 4. The number of ether oxygens (including phenoxy) is 3. The molecule has 74 valence electrons. The van der Waals surface area contributed by atoms with Crippen molar-refractivity contribution in [1.29, 1.82) is 0 Å². The molecular formula is C8H18O4. The van der Waals surface area contributed by atoms with Gasteiger partial charge in [0.1, 0.15) is 6.10 Å². The van der Waals surface area contributed by atoms with Gasteiger partial charge in [0.25, 0.3) is 0 Å². The molecular weight excluding hydrogens is 160 g/mol. The smallest absolute Gasteiger partial charge is 0.104 e. The zero-order valence-corrected chi connectivity index (χ0v) is 7.95. The van der Waals surface area contributed by atoms with Gasteiger partial charge in [-0.2, -0.15) is 0 Å². The van der Waals surface area contributed by atoms with E-state index in [9.17, 15) is 0 Å². The molecule has 0 aliphatic rings. The van der Waals surface area contributed by atoms with E-state index in [1.165, 1.54) is 0 Å². The van der Waals surface area contributed by atoms with Crippen LogP contribution < -0.4 is 0 Å². The maximum absolute atomic E-state index is 8.87. The lowest BCUT2D eigenvalue weighted by Gasteiger charge is -2.14. The first-order valence-corrected chi connectivity index (χ1v) is 3.98. The molecule has 0 fully saturated rings. The van der Waals surface area contributed by atoms with Crippen molar-refractivity contribution in [2.24, 2.45) is 0 Å². The molecule has 0 aliphatic heterocycles. The maximum Gasteiger partial charge on any atom is 0.104 e. The Balaban J connectivity index is 3.31. The van der Waals surface area contributed by atoms with Gasteiger partial charge in [-0.25, -0.2) is 0 Å². The van der Waals surface area contributed by atoms with E-state index < -0.39 is 6.10 Å². The van der Waals surface area contributed by atoms with Crippen LogP contribution in [0.2, 0.25) is 0 Å². The highest BCUT2D eigenvalue weighted by molar-refractivity contribution is 4.54. The first kappa shape index (κ1) is 11.8. The first-order valence-electron chi connectivity index (χ1n) is 3.98. The summed E-state index contributed by atoms with van der Waals surface area (Å²) in [5.41, 5.74) is 0. The van der Waals surface area contributed by atoms with Crippen molar-refractivity contribution < 1.29 is 19.3 Å². The van der Waals surface area contributed by atoms with Crippen LogP contribution in [0, 0.1) is 0 Å². The van der Waals surface area contributed by atoms with E-state index in [1.807, 2.05) is 0 Å². The summed E-state index contributed by atoms with van der Waals surface area (Å²) in [6.07, 6.45) is -0.473. The second-order valence-corrected chi connectivity index (χ2v) is 2.70. The SMILES string of the molecule is COCC(COCC(C)O)OC. The molecule has 4 nitrogen and oxygen atoms in total. The fraction of sp³-hybridized carbons (Fsp3) is 1.00. The van der Waals surface area contributed by atoms with E-state index in [1.54, 1.807) is 21.1 Å². The topological polar surface area (TPSA) is 47.9 Å². The summed E-state index contributed by atoms with van der Waals surface area (Å²) in [5, 5.41) is 8.87. The van der Waals surface area contributed by atoms with Gasteiger partial charge in [0.05, 0.1) is 25.9 Å². The molecule has 0 saturated carbocycles. The van der Waals surface area contributed by atoms with E-state index in [0.29, 0.717) is 19.8 Å². The molecule has 4 heteroatoms. The average Bonchev–Trinajstić information content (AvgIpc) is 2.02. The Morgan fingerprint density at radius 3 is 2.25 bits per heavy atom. The molecule has 0 aromatic rings. The predicted molar refractivity (Wildman–Crippen MR) is 45.2 cm³/mol. The Bertz CT molecular complexity index is 95.1. The number of hydrogen-bond donors (Lipinski definition) is 1. The lowest BCUT2D eigenvalue weighted by Crippen LogP contribution is -2.25. The van der Waals surface area contributed by atoms with Crippen LogP contribution in [0.4, 0.5) is 0 Å². The molecule has 0 aromatic heterocycles. The highest BCUT2D eigenvalue weighted by Crippen LogP contribution is 1.93. The Kier molecular flexibility index (Phi) is 7.39. The zero-order valence-electron chi connectivity index (χ0n) is 7.95. The zero-order chi connectivity index (χ0) is 9.40. The van der Waals surface area contributed by atoms with Crippen LogP contribution in [0.25, 0.3) is 0 Å². The molecule has 0 bridgehead atoms. The molecule has 0 heterocycles. The standard InChI is InChI=1S/C8H18O4/c1-7(9)4-12-6-8(11-3)5-10-2/h7-9H,4-6H2,1-3H3. The maximum atomic E-state index is 8.87. The van der Waals surface area contributed by atoms with Crippen LogP contribution in [0.1, 0.15) is 6.92 Å². The number of rotatable bonds is 7. The normalized spacial score (nSPS) is 16.0. The highest BCUT2D eigenvalue weighted by Gasteiger charge is 2.06. The quantitative estimate of drug-likeness (QED) is 0.598. The number of aliphatic hydroxyl groups excluding tert-OH is 1. The van der Waals surface area contributed by atoms with Gasteiger partial charge >= 0.3 is 0 Å². The monoisotopic (exact) mass is 178 g/mol. The van der Waals surface area contributed by atoms with Crippen molar-refractivity contribution in [1.82, 2.24) is 0 Å². The molecule has 0 aromatic carbocycles. The third-order valence-corrected chi connectivity index (χ3v) is 1.35. The Labute approximate surface area is 73.4 Å². The minimum Gasteiger partial charge on any atom is -0.391 e. The van der Waals surface area contributed by atoms with Crippen molar-refractivity contribution in [3.05, 3.63) is 0 Å². The van der Waals surface area contributed by atoms with Gasteiger partial charge in [-0.15, -0.1) is 0 Å². The van der Waals surface area contributed by atoms with E-state index in [0.717, 1.165) is 0 Å². The van der Waals surface area contributed by atoms with E-state index >= 15 is 0 Å². The molecule has 0 rings (SSSR count). The predicted octanol–water partition coefficient (Wildman–Crippen LogP) is 0.0452. The van der Waals surface area contributed by atoms with Gasteiger partial charge in [0, 0.05) is 14.2 Å². The largest absolute Gasteiger partial charge is 0.391 e. The van der Waals surface area contributed by atoms with Crippen LogP contribution >= 0.6 is 0 Å². The molecule has 0 amide bonds. The highest BCUT2D eigenvalue weighted by atomic mass is 16.6. The molecule has 1 N–H and O–H groups in total. The Hall–Kier alpha value is -0.160. The minimum absolute atomic E-state index is 0.0475. The molecule has 0 aliphatic carbocycles. The summed E-state index contributed by atoms with van der Waals surface area (Å²) in [6, 6.07) is 0. The lowest BCUT2D eigenvalue weighted by atomic mass is 10.4. The molecule has 0 spiro atoms. The van der Waals surface area contributed by atoms with Crippen LogP contribution in [0.5, 0.6) is 0 Å². The molecule has 2 unspecified atom stereocenters. The van der Waals surface area contributed by atoms with Crippen molar-refractivity contribution in [3.63, 3.8) is 0 Å². The summed E-state index contributed by atoms with van der Waals surface area (Å²) in [4.78, 5) is 0. The first-order chi connectivity index (χ1) is 5.70. The molecule has 12 heavy (non-hydrogen) atoms. The van der Waals surface area contributed by atoms with Crippen molar-refractivity contribution in [2.45, 2.75) is 19.1 Å². The van der Waals surface area contributed by atoms with Gasteiger partial charge in [-0.1, -0.05) is 0 Å². The molecule has 2 atom stereocenters. The second kappa shape index (κ2) is 7.49. The lowest BCUT2D eigenvalue weighted by molar-refractivity contribution is -0.0461. The van der Waals surface area contributed by atoms with Gasteiger partial charge in [-0.3, -0.25) is 0 Å². The molecule has 0 saturated heterocycles. The minimum atomic E-state index is -0.426. The number of aliphatic hydroxyl groups is 1. The van der Waals surface area contributed by atoms with E-state index in [4.69, 9.17) is 19.3 Å². The fourth-order valence-corrected chi connectivity index (χ4v) is 0.740. The van der Waals surface area contributed by atoms with Crippen molar-refractivity contribution in [2.75, 3.05) is 34.0 Å². The Morgan fingerprint density at radius 2 is 1.83 bits per heavy atom. The average molecular weight is 178 g/mol. The van der Waals surface area contributed by atoms with Gasteiger partial charge in [0.15, 0.2) is 0 Å². The number of methoxy groups -OCH3 is 2. The van der Waals surface area contributed by atoms with E-state index in [2.05, 4.69) is 0 Å². The van der Waals surface area contributed by atoms with Crippen LogP contribution in [-0.4, -0.2) is 51.4 Å². The second-order valence-electron chi connectivity index (χ2n) is 2.70. The van der Waals surface area contributed by atoms with Crippen molar-refractivity contribution >= 4 is 0 Å². The van der Waals surface area contributed by atoms with Crippen molar-refractivity contribution in [3.8, 4) is 0 Å². The van der Waals surface area contributed by atoms with Crippen LogP contribution in [-0.2, 0) is 14.2 Å². The summed E-state index contributed by atoms with van der Waals surface area (Å²) < 4.78 is 15.1. The van der Waals surface area contributed by atoms with Gasteiger partial charge < -0.3 is 19.3 Å². The molecule has 0 radical (unpaired) electrons. The van der Waals surface area contributed by atoms with Gasteiger partial charge in [-0.05, 0) is 6.92 Å². The Morgan fingerprint density at radius 1 is 1.17 bits per heavy atom. The fourth-order valence-electron chi connectivity index (χ4n) is 0.740. The summed E-state index contributed by atoms with van der Waals surface area (Å²) in [7, 11) is 3.22. The van der Waals surface area contributed by atoms with E-state index in [-0.39, 0.29) is 6.10 Å².